The monoisotopic (exact) mass is 620 g/mol. The molecule has 2 aromatic rings. The number of nitrogens with zero attached hydrogens (tertiary/aromatic N) is 2. The van der Waals surface area contributed by atoms with E-state index in [1.807, 2.05) is 6.92 Å². The van der Waals surface area contributed by atoms with E-state index in [0.29, 0.717) is 22.9 Å². The molecule has 0 saturated heterocycles. The fourth-order valence-corrected chi connectivity index (χ4v) is 6.60. The van der Waals surface area contributed by atoms with Gasteiger partial charge >= 0.3 is 6.03 Å². The molecule has 0 bridgehead atoms. The van der Waals surface area contributed by atoms with Crippen molar-refractivity contribution in [1.82, 2.24) is 15.1 Å². The van der Waals surface area contributed by atoms with E-state index in [9.17, 15) is 23.1 Å². The molecule has 3 atom stereocenters. The summed E-state index contributed by atoms with van der Waals surface area (Å²) in [6, 6.07) is 10.2. The summed E-state index contributed by atoms with van der Waals surface area (Å²) in [6.07, 6.45) is 4.85. The molecule has 2 aromatic carbocycles. The lowest BCUT2D eigenvalue weighted by atomic mass is 9.96. The summed E-state index contributed by atoms with van der Waals surface area (Å²) in [4.78, 5) is 29.8. The van der Waals surface area contributed by atoms with E-state index in [2.05, 4.69) is 10.0 Å². The van der Waals surface area contributed by atoms with E-state index in [0.717, 1.165) is 25.7 Å². The molecule has 2 aliphatic rings. The Kier molecular flexibility index (Phi) is 10.6. The van der Waals surface area contributed by atoms with Crippen molar-refractivity contribution < 1.29 is 27.9 Å². The third kappa shape index (κ3) is 8.08. The number of nitrogens with one attached hydrogen (secondary N) is 2. The summed E-state index contributed by atoms with van der Waals surface area (Å²) in [5.41, 5.74) is 0.773. The van der Waals surface area contributed by atoms with Gasteiger partial charge in [-0.25, -0.2) is 13.2 Å². The minimum Gasteiger partial charge on any atom is -0.488 e. The lowest BCUT2D eigenvalue weighted by Crippen LogP contribution is -2.50. The molecule has 1 saturated carbocycles. The highest BCUT2D eigenvalue weighted by molar-refractivity contribution is 7.92. The van der Waals surface area contributed by atoms with Crippen molar-refractivity contribution in [3.05, 3.63) is 53.1 Å². The summed E-state index contributed by atoms with van der Waals surface area (Å²) >= 11 is 5.91. The van der Waals surface area contributed by atoms with Crippen molar-refractivity contribution in [3.8, 4) is 5.75 Å². The van der Waals surface area contributed by atoms with E-state index in [-0.39, 0.29) is 54.1 Å². The molecule has 12 heteroatoms. The second-order valence-electron chi connectivity index (χ2n) is 11.4. The average molecular weight is 621 g/mol. The zero-order valence-corrected chi connectivity index (χ0v) is 26.0. The molecule has 0 aromatic heterocycles. The molecule has 1 heterocycles. The van der Waals surface area contributed by atoms with Gasteiger partial charge in [-0.1, -0.05) is 37.8 Å². The average Bonchev–Trinajstić information content (AvgIpc) is 3.00. The number of urea groups is 1. The second-order valence-corrected chi connectivity index (χ2v) is 13.6. The van der Waals surface area contributed by atoms with Crippen LogP contribution < -0.4 is 14.8 Å². The van der Waals surface area contributed by atoms with Crippen molar-refractivity contribution in [2.24, 2.45) is 5.92 Å². The zero-order valence-electron chi connectivity index (χ0n) is 24.4. The molecule has 42 heavy (non-hydrogen) atoms. The number of fused-ring (bicyclic) bond motifs is 1. The molecule has 1 aliphatic heterocycles. The van der Waals surface area contributed by atoms with Crippen LogP contribution in [0.1, 0.15) is 51.5 Å². The van der Waals surface area contributed by atoms with Gasteiger partial charge in [0.05, 0.1) is 30.5 Å². The highest BCUT2D eigenvalue weighted by Crippen LogP contribution is 2.30. The molecule has 3 amide bonds. The predicted molar refractivity (Wildman–Crippen MR) is 162 cm³/mol. The Labute approximate surface area is 253 Å². The van der Waals surface area contributed by atoms with Crippen LogP contribution in [0.25, 0.3) is 0 Å². The van der Waals surface area contributed by atoms with E-state index in [1.54, 1.807) is 42.0 Å². The first-order valence-electron chi connectivity index (χ1n) is 14.5. The second kappa shape index (κ2) is 14.0. The van der Waals surface area contributed by atoms with Gasteiger partial charge in [-0.3, -0.25) is 9.52 Å². The van der Waals surface area contributed by atoms with E-state index >= 15 is 0 Å². The van der Waals surface area contributed by atoms with E-state index < -0.39 is 22.2 Å². The fourth-order valence-electron chi connectivity index (χ4n) is 5.42. The number of hydrogen-bond acceptors (Lipinski definition) is 6. The Morgan fingerprint density at radius 2 is 1.86 bits per heavy atom. The lowest BCUT2D eigenvalue weighted by Gasteiger charge is -2.34. The normalized spacial score (nSPS) is 20.8. The Hall–Kier alpha value is -3.02. The Balaban J connectivity index is 1.59. The number of aliphatic hydroxyl groups is 1. The molecule has 0 spiro atoms. The number of sulfonamides is 1. The number of halogens is 1. The Bertz CT molecular complexity index is 1350. The van der Waals surface area contributed by atoms with Gasteiger partial charge in [0.15, 0.2) is 0 Å². The highest BCUT2D eigenvalue weighted by atomic mass is 35.5. The van der Waals surface area contributed by atoms with Crippen LogP contribution >= 0.6 is 11.6 Å². The number of benzene rings is 2. The minimum atomic E-state index is -3.91. The van der Waals surface area contributed by atoms with Gasteiger partial charge in [0.25, 0.3) is 10.0 Å². The standard InChI is InChI=1S/C30H41ClN4O6S/c1-20-17-35(21(2)19-36)29(37)16-22-15-25(33-42(39,40)26-12-9-23(31)10-13-26)11-14-27(22)41-28(20)18-34(3)30(38)32-24-7-5-4-6-8-24/h9-15,20-21,24,28,33,36H,4-8,16-19H2,1-3H3,(H,32,38)/t20-,21-,28-/m1/s1. The van der Waals surface area contributed by atoms with Crippen molar-refractivity contribution in [1.29, 1.82) is 0 Å². The summed E-state index contributed by atoms with van der Waals surface area (Å²) in [6.45, 7) is 4.13. The predicted octanol–water partition coefficient (Wildman–Crippen LogP) is 4.26. The van der Waals surface area contributed by atoms with Crippen LogP contribution in [0.2, 0.25) is 5.02 Å². The van der Waals surface area contributed by atoms with Crippen LogP contribution in [-0.4, -0.2) is 80.2 Å². The smallest absolute Gasteiger partial charge is 0.317 e. The van der Waals surface area contributed by atoms with Gasteiger partial charge in [-0.05, 0) is 62.2 Å². The molecule has 0 unspecified atom stereocenters. The third-order valence-electron chi connectivity index (χ3n) is 8.03. The van der Waals surface area contributed by atoms with Crippen LogP contribution in [0.15, 0.2) is 47.4 Å². The summed E-state index contributed by atoms with van der Waals surface area (Å²) in [5.74, 6) is 0.0474. The van der Waals surface area contributed by atoms with Gasteiger partial charge in [0.1, 0.15) is 11.9 Å². The quantitative estimate of drug-likeness (QED) is 0.405. The van der Waals surface area contributed by atoms with Crippen molar-refractivity contribution in [2.45, 2.75) is 75.5 Å². The molecule has 1 aliphatic carbocycles. The van der Waals surface area contributed by atoms with Crippen LogP contribution in [0.3, 0.4) is 0 Å². The highest BCUT2D eigenvalue weighted by Gasteiger charge is 2.32. The van der Waals surface area contributed by atoms with Gasteiger partial charge in [0, 0.05) is 41.8 Å². The number of ether oxygens (including phenoxy) is 1. The maximum Gasteiger partial charge on any atom is 0.317 e. The molecule has 0 radical (unpaired) electrons. The van der Waals surface area contributed by atoms with Crippen molar-refractivity contribution in [2.75, 3.05) is 31.5 Å². The first-order valence-corrected chi connectivity index (χ1v) is 16.3. The Morgan fingerprint density at radius 3 is 2.52 bits per heavy atom. The van der Waals surface area contributed by atoms with Crippen molar-refractivity contribution in [3.63, 3.8) is 0 Å². The van der Waals surface area contributed by atoms with Crippen LogP contribution in [0.5, 0.6) is 5.75 Å². The molecule has 10 nitrogen and oxygen atoms in total. The minimum absolute atomic E-state index is 0.0480. The summed E-state index contributed by atoms with van der Waals surface area (Å²) < 4.78 is 35.0. The van der Waals surface area contributed by atoms with Gasteiger partial charge in [-0.2, -0.15) is 0 Å². The number of carbonyl (C=O) groups excluding carboxylic acids is 2. The van der Waals surface area contributed by atoms with Crippen LogP contribution in [0.4, 0.5) is 10.5 Å². The van der Waals surface area contributed by atoms with Gasteiger partial charge < -0.3 is 25.0 Å². The maximum atomic E-state index is 13.5. The fraction of sp³-hybridized carbons (Fsp3) is 0.533. The number of aliphatic hydroxyl groups excluding tert-OH is 1. The molecule has 3 N–H and O–H groups in total. The number of hydrogen-bond donors (Lipinski definition) is 3. The number of carbonyl (C=O) groups is 2. The first kappa shape index (κ1) is 31.9. The number of amides is 3. The molecule has 230 valence electrons. The topological polar surface area (TPSA) is 128 Å². The zero-order chi connectivity index (χ0) is 30.4. The van der Waals surface area contributed by atoms with Gasteiger partial charge in [-0.15, -0.1) is 0 Å². The van der Waals surface area contributed by atoms with Gasteiger partial charge in [0.2, 0.25) is 5.91 Å². The van der Waals surface area contributed by atoms with Crippen molar-refractivity contribution >= 4 is 39.2 Å². The first-order chi connectivity index (χ1) is 20.0. The van der Waals surface area contributed by atoms with E-state index in [1.165, 1.54) is 30.7 Å². The molecule has 4 rings (SSSR count). The molecular formula is C30H41ClN4O6S. The molecule has 1 fully saturated rings. The lowest BCUT2D eigenvalue weighted by molar-refractivity contribution is -0.134. The number of rotatable bonds is 8. The number of likely N-dealkylation sites (N-methyl/N-ethyl adjacent to an activating group) is 1. The summed E-state index contributed by atoms with van der Waals surface area (Å²) in [7, 11) is -2.18. The van der Waals surface area contributed by atoms with Crippen LogP contribution in [0, 0.1) is 5.92 Å². The third-order valence-corrected chi connectivity index (χ3v) is 9.68. The number of anilines is 1. The summed E-state index contributed by atoms with van der Waals surface area (Å²) in [5, 5.41) is 13.4. The largest absolute Gasteiger partial charge is 0.488 e. The molecular weight excluding hydrogens is 580 g/mol. The van der Waals surface area contributed by atoms with Crippen LogP contribution in [-0.2, 0) is 21.2 Å². The van der Waals surface area contributed by atoms with E-state index in [4.69, 9.17) is 16.3 Å². The SMILES string of the molecule is C[C@@H]1CN([C@H](C)CO)C(=O)Cc2cc(NS(=O)(=O)c3ccc(Cl)cc3)ccc2O[C@@H]1CN(C)C(=O)NC1CCCCC1. The Morgan fingerprint density at radius 1 is 1.17 bits per heavy atom. The maximum absolute atomic E-state index is 13.5.